The summed E-state index contributed by atoms with van der Waals surface area (Å²) in [6, 6.07) is 2.03. The maximum Gasteiger partial charge on any atom is 0.416 e. The van der Waals surface area contributed by atoms with Crippen LogP contribution in [0.25, 0.3) is 0 Å². The molecule has 2 N–H and O–H groups in total. The molecular formula is C31H32F9N7O2. The minimum Gasteiger partial charge on any atom is -0.369 e. The van der Waals surface area contributed by atoms with E-state index in [1.165, 1.54) is 16.8 Å². The first kappa shape index (κ1) is 35.9. The number of carbonyl (C=O) groups excluding carboxylic acids is 2. The number of primary amides is 1. The van der Waals surface area contributed by atoms with Crippen LogP contribution in [0, 0.1) is 11.8 Å². The van der Waals surface area contributed by atoms with Crippen molar-refractivity contribution < 1.29 is 49.1 Å². The molecule has 49 heavy (non-hydrogen) atoms. The van der Waals surface area contributed by atoms with Crippen molar-refractivity contribution in [2.45, 2.75) is 82.6 Å². The monoisotopic (exact) mass is 705 g/mol. The van der Waals surface area contributed by atoms with Crippen molar-refractivity contribution in [3.63, 3.8) is 0 Å². The number of hydrogen-bond acceptors (Lipinski definition) is 6. The summed E-state index contributed by atoms with van der Waals surface area (Å²) in [4.78, 5) is 29.4. The minimum absolute atomic E-state index is 0.0204. The van der Waals surface area contributed by atoms with Gasteiger partial charge in [-0.25, -0.2) is 0 Å². The van der Waals surface area contributed by atoms with Gasteiger partial charge in [0, 0.05) is 30.1 Å². The normalized spacial score (nSPS) is 21.7. The molecule has 1 aliphatic carbocycles. The summed E-state index contributed by atoms with van der Waals surface area (Å²) in [5.41, 5.74) is 0.823. The number of benzene rings is 2. The van der Waals surface area contributed by atoms with Gasteiger partial charge < -0.3 is 15.5 Å². The standard InChI is InChI=1S/C31H32F9N7O2/c1-3-22-14-25(46(28-42-44-45(2)43-28)15-16-10-20(30(35,36)37)12-21(11-16)31(38,39)40)23-13-19(29(32,33)34)8-9-24(23)47(22)27(49)18-6-4-17(5-7-18)26(41)48/h8-13,17-18,22,25H,3-7,14-15H2,1-2H3,(H2,41,48)/t17?,18?,22-,25?/m1/s1. The number of rotatable bonds is 7. The van der Waals surface area contributed by atoms with Gasteiger partial charge in [0.15, 0.2) is 0 Å². The predicted octanol–water partition coefficient (Wildman–Crippen LogP) is 6.82. The number of carbonyl (C=O) groups is 2. The highest BCUT2D eigenvalue weighted by atomic mass is 19.4. The van der Waals surface area contributed by atoms with E-state index >= 15 is 0 Å². The summed E-state index contributed by atoms with van der Waals surface area (Å²) in [6.07, 6.45) is -13.5. The maximum atomic E-state index is 14.1. The van der Waals surface area contributed by atoms with E-state index in [-0.39, 0.29) is 35.6 Å². The number of aromatic nitrogens is 4. The molecule has 1 fully saturated rings. The van der Waals surface area contributed by atoms with Gasteiger partial charge in [-0.05, 0) is 91.3 Å². The maximum absolute atomic E-state index is 14.1. The first-order valence-corrected chi connectivity index (χ1v) is 15.4. The van der Waals surface area contributed by atoms with E-state index in [4.69, 9.17) is 5.73 Å². The SMILES string of the molecule is CC[C@@H]1CC(N(Cc2cc(C(F)(F)F)cc(C(F)(F)F)c2)c2nnn(C)n2)c2cc(C(F)(F)F)ccc2N1C(=O)C1CCC(C(N)=O)CC1. The van der Waals surface area contributed by atoms with Gasteiger partial charge in [0.1, 0.15) is 0 Å². The van der Waals surface area contributed by atoms with Crippen LogP contribution in [-0.4, -0.2) is 38.1 Å². The van der Waals surface area contributed by atoms with Crippen LogP contribution in [-0.2, 0) is 41.7 Å². The Balaban J connectivity index is 1.64. The van der Waals surface area contributed by atoms with Gasteiger partial charge in [-0.3, -0.25) is 9.59 Å². The third kappa shape index (κ3) is 7.61. The van der Waals surface area contributed by atoms with Crippen molar-refractivity contribution in [3.8, 4) is 0 Å². The number of alkyl halides is 9. The fraction of sp³-hybridized carbons (Fsp3) is 0.516. The van der Waals surface area contributed by atoms with Crippen molar-refractivity contribution in [1.82, 2.24) is 20.2 Å². The highest BCUT2D eigenvalue weighted by Gasteiger charge is 2.44. The average molecular weight is 706 g/mol. The fourth-order valence-corrected chi connectivity index (χ4v) is 6.69. The number of hydrogen-bond donors (Lipinski definition) is 1. The molecule has 18 heteroatoms. The van der Waals surface area contributed by atoms with Gasteiger partial charge >= 0.3 is 18.5 Å². The lowest BCUT2D eigenvalue weighted by molar-refractivity contribution is -0.143. The molecule has 1 saturated carbocycles. The molecule has 9 nitrogen and oxygen atoms in total. The third-order valence-electron chi connectivity index (χ3n) is 9.15. The molecular weight excluding hydrogens is 673 g/mol. The first-order valence-electron chi connectivity index (χ1n) is 15.4. The van der Waals surface area contributed by atoms with Gasteiger partial charge in [0.05, 0.1) is 29.8 Å². The second kappa shape index (κ2) is 13.2. The lowest BCUT2D eigenvalue weighted by Gasteiger charge is -2.46. The van der Waals surface area contributed by atoms with E-state index in [0.717, 1.165) is 23.0 Å². The zero-order valence-corrected chi connectivity index (χ0v) is 26.2. The Hall–Kier alpha value is -4.38. The zero-order chi connectivity index (χ0) is 36.1. The van der Waals surface area contributed by atoms with E-state index < -0.39 is 77.2 Å². The Morgan fingerprint density at radius 2 is 1.43 bits per heavy atom. The van der Waals surface area contributed by atoms with E-state index in [1.807, 2.05) is 0 Å². The second-order valence-corrected chi connectivity index (χ2v) is 12.4. The Kier molecular flexibility index (Phi) is 9.64. The van der Waals surface area contributed by atoms with Crippen LogP contribution >= 0.6 is 0 Å². The molecule has 0 radical (unpaired) electrons. The minimum atomic E-state index is -5.14. The number of amides is 2. The number of fused-ring (bicyclic) bond motifs is 1. The Morgan fingerprint density at radius 1 is 0.857 bits per heavy atom. The molecule has 0 spiro atoms. The molecule has 3 aromatic rings. The summed E-state index contributed by atoms with van der Waals surface area (Å²) >= 11 is 0. The molecule has 1 aromatic heterocycles. The second-order valence-electron chi connectivity index (χ2n) is 12.4. The fourth-order valence-electron chi connectivity index (χ4n) is 6.69. The van der Waals surface area contributed by atoms with E-state index in [0.29, 0.717) is 44.2 Å². The van der Waals surface area contributed by atoms with Gasteiger partial charge in [-0.15, -0.1) is 5.10 Å². The summed E-state index contributed by atoms with van der Waals surface area (Å²) in [5, 5.41) is 11.8. The van der Waals surface area contributed by atoms with Crippen LogP contribution in [0.4, 0.5) is 51.1 Å². The summed E-state index contributed by atoms with van der Waals surface area (Å²) in [7, 11) is 1.36. The van der Waals surface area contributed by atoms with Crippen LogP contribution in [0.2, 0.25) is 0 Å². The number of aryl methyl sites for hydroxylation is 1. The Labute approximate surface area is 274 Å². The van der Waals surface area contributed by atoms with Gasteiger partial charge in [-0.1, -0.05) is 12.0 Å². The highest BCUT2D eigenvalue weighted by molar-refractivity contribution is 5.97. The number of halogens is 9. The van der Waals surface area contributed by atoms with Crippen LogP contribution in [0.3, 0.4) is 0 Å². The van der Waals surface area contributed by atoms with Crippen LogP contribution in [0.5, 0.6) is 0 Å². The molecule has 1 unspecified atom stereocenters. The molecule has 0 saturated heterocycles. The smallest absolute Gasteiger partial charge is 0.369 e. The Bertz CT molecular complexity index is 1660. The lowest BCUT2D eigenvalue weighted by atomic mass is 9.79. The number of anilines is 2. The molecule has 2 aliphatic rings. The zero-order valence-electron chi connectivity index (χ0n) is 26.2. The van der Waals surface area contributed by atoms with Crippen molar-refractivity contribution in [2.75, 3.05) is 9.80 Å². The van der Waals surface area contributed by atoms with Gasteiger partial charge in [0.25, 0.3) is 5.95 Å². The van der Waals surface area contributed by atoms with Crippen molar-refractivity contribution in [2.24, 2.45) is 24.6 Å². The van der Waals surface area contributed by atoms with Crippen LogP contribution in [0.15, 0.2) is 36.4 Å². The van der Waals surface area contributed by atoms with Gasteiger partial charge in [0.2, 0.25) is 11.8 Å². The quantitative estimate of drug-likeness (QED) is 0.270. The third-order valence-corrected chi connectivity index (χ3v) is 9.15. The lowest BCUT2D eigenvalue weighted by Crippen LogP contribution is -2.50. The summed E-state index contributed by atoms with van der Waals surface area (Å²) in [5.74, 6) is -2.07. The highest BCUT2D eigenvalue weighted by Crippen LogP contribution is 2.47. The summed E-state index contributed by atoms with van der Waals surface area (Å²) in [6.45, 7) is 1.06. The number of nitrogens with two attached hydrogens (primary N) is 1. The molecule has 2 heterocycles. The molecule has 1 aliphatic heterocycles. The van der Waals surface area contributed by atoms with Crippen molar-refractivity contribution in [1.29, 1.82) is 0 Å². The van der Waals surface area contributed by atoms with Gasteiger partial charge in [-0.2, -0.15) is 44.3 Å². The largest absolute Gasteiger partial charge is 0.416 e. The summed E-state index contributed by atoms with van der Waals surface area (Å²) < 4.78 is 125. The molecule has 2 aromatic carbocycles. The van der Waals surface area contributed by atoms with Crippen molar-refractivity contribution in [3.05, 3.63) is 64.2 Å². The number of tetrazole rings is 1. The van der Waals surface area contributed by atoms with E-state index in [1.54, 1.807) is 6.92 Å². The van der Waals surface area contributed by atoms with Crippen LogP contribution < -0.4 is 15.5 Å². The molecule has 2 amide bonds. The van der Waals surface area contributed by atoms with Crippen molar-refractivity contribution >= 4 is 23.5 Å². The molecule has 266 valence electrons. The average Bonchev–Trinajstić information content (AvgIpc) is 3.46. The predicted molar refractivity (Wildman–Crippen MR) is 156 cm³/mol. The number of nitrogens with zero attached hydrogens (tertiary/aromatic N) is 6. The van der Waals surface area contributed by atoms with Crippen LogP contribution in [0.1, 0.15) is 79.3 Å². The van der Waals surface area contributed by atoms with E-state index in [9.17, 15) is 49.1 Å². The Morgan fingerprint density at radius 3 is 1.92 bits per heavy atom. The van der Waals surface area contributed by atoms with E-state index in [2.05, 4.69) is 15.4 Å². The first-order chi connectivity index (χ1) is 22.8. The molecule has 0 bridgehead atoms. The molecule has 2 atom stereocenters. The molecule has 5 rings (SSSR count). The topological polar surface area (TPSA) is 110 Å².